The van der Waals surface area contributed by atoms with Crippen LogP contribution >= 0.6 is 11.6 Å². The van der Waals surface area contributed by atoms with E-state index in [0.29, 0.717) is 17.4 Å². The second-order valence-corrected chi connectivity index (χ2v) is 5.59. The number of halogens is 1. The molecule has 1 aromatic carbocycles. The molecule has 19 heavy (non-hydrogen) atoms. The fourth-order valence-electron chi connectivity index (χ4n) is 2.44. The quantitative estimate of drug-likeness (QED) is 0.870. The fraction of sp³-hybridized carbons (Fsp3) is 0.533. The number of rotatable bonds is 5. The smallest absolute Gasteiger partial charge is 0.224 e. The van der Waals surface area contributed by atoms with E-state index in [2.05, 4.69) is 10.6 Å². The Kier molecular flexibility index (Phi) is 5.67. The van der Waals surface area contributed by atoms with Crippen LogP contribution in [-0.4, -0.2) is 25.5 Å². The third-order valence-electron chi connectivity index (χ3n) is 3.55. The molecule has 1 heterocycles. The Balaban J connectivity index is 1.65. The molecule has 104 valence electrons. The number of amides is 1. The Morgan fingerprint density at radius 3 is 2.84 bits per heavy atom. The molecule has 1 saturated heterocycles. The number of carbonyl (C=O) groups is 1. The molecule has 2 rings (SSSR count). The number of hydrogen-bond acceptors (Lipinski definition) is 2. The van der Waals surface area contributed by atoms with Crippen LogP contribution in [0.2, 0.25) is 5.02 Å². The molecule has 0 radical (unpaired) electrons. The lowest BCUT2D eigenvalue weighted by Crippen LogP contribution is -2.33. The summed E-state index contributed by atoms with van der Waals surface area (Å²) in [6.45, 7) is 3.01. The number of nitrogens with one attached hydrogen (secondary N) is 2. The van der Waals surface area contributed by atoms with Gasteiger partial charge in [-0.1, -0.05) is 23.7 Å². The van der Waals surface area contributed by atoms with Crippen molar-refractivity contribution < 1.29 is 4.79 Å². The first-order valence-electron chi connectivity index (χ1n) is 6.96. The summed E-state index contributed by atoms with van der Waals surface area (Å²) in [4.78, 5) is 11.8. The van der Waals surface area contributed by atoms with Crippen molar-refractivity contribution >= 4 is 17.5 Å². The highest BCUT2D eigenvalue weighted by Gasteiger charge is 2.12. The van der Waals surface area contributed by atoms with Crippen LogP contribution in [0.25, 0.3) is 0 Å². The molecule has 0 bridgehead atoms. The van der Waals surface area contributed by atoms with Gasteiger partial charge in [0.15, 0.2) is 0 Å². The van der Waals surface area contributed by atoms with Crippen molar-refractivity contribution in [2.24, 2.45) is 5.92 Å². The molecular formula is C15H21ClN2O. The zero-order valence-corrected chi connectivity index (χ0v) is 11.9. The summed E-state index contributed by atoms with van der Waals surface area (Å²) < 4.78 is 0. The lowest BCUT2D eigenvalue weighted by molar-refractivity contribution is -0.120. The predicted molar refractivity (Wildman–Crippen MR) is 78.4 cm³/mol. The summed E-state index contributed by atoms with van der Waals surface area (Å²) >= 11 is 5.81. The Morgan fingerprint density at radius 1 is 1.37 bits per heavy atom. The maximum Gasteiger partial charge on any atom is 0.224 e. The number of piperidine rings is 1. The van der Waals surface area contributed by atoms with Gasteiger partial charge in [0.1, 0.15) is 0 Å². The van der Waals surface area contributed by atoms with Crippen LogP contribution in [0.1, 0.15) is 24.8 Å². The van der Waals surface area contributed by atoms with Crippen molar-refractivity contribution in [2.75, 3.05) is 19.6 Å². The normalized spacial score (nSPS) is 19.1. The largest absolute Gasteiger partial charge is 0.356 e. The monoisotopic (exact) mass is 280 g/mol. The average molecular weight is 281 g/mol. The highest BCUT2D eigenvalue weighted by atomic mass is 35.5. The van der Waals surface area contributed by atoms with Crippen molar-refractivity contribution in [3.8, 4) is 0 Å². The Bertz CT molecular complexity index is 399. The Labute approximate surface area is 119 Å². The topological polar surface area (TPSA) is 41.1 Å². The summed E-state index contributed by atoms with van der Waals surface area (Å²) in [5, 5.41) is 7.09. The summed E-state index contributed by atoms with van der Waals surface area (Å²) in [7, 11) is 0. The van der Waals surface area contributed by atoms with Crippen molar-refractivity contribution in [3.05, 3.63) is 34.9 Å². The zero-order valence-electron chi connectivity index (χ0n) is 11.1. The summed E-state index contributed by atoms with van der Waals surface area (Å²) in [5.41, 5.74) is 1.00. The first kappa shape index (κ1) is 14.4. The van der Waals surface area contributed by atoms with Gasteiger partial charge in [0, 0.05) is 11.6 Å². The third kappa shape index (κ3) is 5.21. The molecule has 4 heteroatoms. The SMILES string of the molecule is O=C(Cc1ccc(Cl)cc1)NCCC1CCCNC1. The molecule has 1 aromatic rings. The van der Waals surface area contributed by atoms with E-state index in [-0.39, 0.29) is 5.91 Å². The minimum Gasteiger partial charge on any atom is -0.356 e. The lowest BCUT2D eigenvalue weighted by Gasteiger charge is -2.22. The average Bonchev–Trinajstić information content (AvgIpc) is 2.43. The second kappa shape index (κ2) is 7.51. The van der Waals surface area contributed by atoms with Gasteiger partial charge < -0.3 is 10.6 Å². The maximum atomic E-state index is 11.8. The van der Waals surface area contributed by atoms with Gasteiger partial charge in [-0.3, -0.25) is 4.79 Å². The van der Waals surface area contributed by atoms with Gasteiger partial charge in [-0.05, 0) is 56.0 Å². The molecule has 3 nitrogen and oxygen atoms in total. The molecule has 1 aliphatic heterocycles. The van der Waals surface area contributed by atoms with E-state index < -0.39 is 0 Å². The van der Waals surface area contributed by atoms with Gasteiger partial charge in [-0.15, -0.1) is 0 Å². The molecule has 1 aliphatic rings. The first-order chi connectivity index (χ1) is 9.24. The third-order valence-corrected chi connectivity index (χ3v) is 3.80. The van der Waals surface area contributed by atoms with Crippen molar-refractivity contribution in [1.82, 2.24) is 10.6 Å². The molecule has 1 unspecified atom stereocenters. The van der Waals surface area contributed by atoms with E-state index in [1.54, 1.807) is 0 Å². The van der Waals surface area contributed by atoms with Crippen LogP contribution in [0.5, 0.6) is 0 Å². The van der Waals surface area contributed by atoms with E-state index >= 15 is 0 Å². The second-order valence-electron chi connectivity index (χ2n) is 5.15. The maximum absolute atomic E-state index is 11.8. The number of hydrogen-bond donors (Lipinski definition) is 2. The highest BCUT2D eigenvalue weighted by molar-refractivity contribution is 6.30. The van der Waals surface area contributed by atoms with E-state index in [9.17, 15) is 4.79 Å². The Morgan fingerprint density at radius 2 is 2.16 bits per heavy atom. The van der Waals surface area contributed by atoms with Gasteiger partial charge in [-0.2, -0.15) is 0 Å². The van der Waals surface area contributed by atoms with Gasteiger partial charge in [0.05, 0.1) is 6.42 Å². The standard InChI is InChI=1S/C15H21ClN2O/c16-14-5-3-12(4-6-14)10-15(19)18-9-7-13-2-1-8-17-11-13/h3-6,13,17H,1-2,7-11H2,(H,18,19). The van der Waals surface area contributed by atoms with Crippen LogP contribution < -0.4 is 10.6 Å². The van der Waals surface area contributed by atoms with Gasteiger partial charge in [0.25, 0.3) is 0 Å². The van der Waals surface area contributed by atoms with Gasteiger partial charge in [-0.25, -0.2) is 0 Å². The van der Waals surface area contributed by atoms with Gasteiger partial charge in [0.2, 0.25) is 5.91 Å². The number of benzene rings is 1. The molecule has 1 atom stereocenters. The minimum absolute atomic E-state index is 0.0890. The van der Waals surface area contributed by atoms with E-state index in [1.165, 1.54) is 12.8 Å². The zero-order chi connectivity index (χ0) is 13.5. The van der Waals surface area contributed by atoms with E-state index in [1.807, 2.05) is 24.3 Å². The van der Waals surface area contributed by atoms with E-state index in [0.717, 1.165) is 31.6 Å². The first-order valence-corrected chi connectivity index (χ1v) is 7.33. The van der Waals surface area contributed by atoms with Crippen molar-refractivity contribution in [3.63, 3.8) is 0 Å². The van der Waals surface area contributed by atoms with Crippen LogP contribution in [0.3, 0.4) is 0 Å². The summed E-state index contributed by atoms with van der Waals surface area (Å²) in [6, 6.07) is 7.43. The Hall–Kier alpha value is -1.06. The van der Waals surface area contributed by atoms with Crippen LogP contribution in [-0.2, 0) is 11.2 Å². The lowest BCUT2D eigenvalue weighted by atomic mass is 9.96. The minimum atomic E-state index is 0.0890. The molecule has 0 aliphatic carbocycles. The van der Waals surface area contributed by atoms with E-state index in [4.69, 9.17) is 11.6 Å². The molecular weight excluding hydrogens is 260 g/mol. The molecule has 2 N–H and O–H groups in total. The molecule has 1 amide bonds. The highest BCUT2D eigenvalue weighted by Crippen LogP contribution is 2.13. The molecule has 0 aromatic heterocycles. The van der Waals surface area contributed by atoms with Crippen LogP contribution in [0.4, 0.5) is 0 Å². The molecule has 0 saturated carbocycles. The van der Waals surface area contributed by atoms with Crippen molar-refractivity contribution in [2.45, 2.75) is 25.7 Å². The summed E-state index contributed by atoms with van der Waals surface area (Å²) in [5.74, 6) is 0.802. The summed E-state index contributed by atoms with van der Waals surface area (Å²) in [6.07, 6.45) is 4.03. The van der Waals surface area contributed by atoms with Gasteiger partial charge >= 0.3 is 0 Å². The van der Waals surface area contributed by atoms with Crippen molar-refractivity contribution in [1.29, 1.82) is 0 Å². The number of carbonyl (C=O) groups excluding carboxylic acids is 1. The molecule has 1 fully saturated rings. The predicted octanol–water partition coefficient (Wildman–Crippen LogP) is 2.39. The molecule has 0 spiro atoms. The van der Waals surface area contributed by atoms with Crippen LogP contribution in [0, 0.1) is 5.92 Å². The fourth-order valence-corrected chi connectivity index (χ4v) is 2.56. The van der Waals surface area contributed by atoms with Crippen LogP contribution in [0.15, 0.2) is 24.3 Å².